The summed E-state index contributed by atoms with van der Waals surface area (Å²) in [6.07, 6.45) is 0. The van der Waals surface area contributed by atoms with Gasteiger partial charge in [0.15, 0.2) is 11.5 Å². The molecule has 0 aliphatic carbocycles. The maximum atomic E-state index is 14.8. The number of anilines is 1. The minimum atomic E-state index is -1.09. The maximum Gasteiger partial charge on any atom is 0.246 e. The van der Waals surface area contributed by atoms with Crippen LogP contribution in [0.15, 0.2) is 91.0 Å². The zero-order valence-corrected chi connectivity index (χ0v) is 20.1. The van der Waals surface area contributed by atoms with Gasteiger partial charge in [0.1, 0.15) is 31.0 Å². The summed E-state index contributed by atoms with van der Waals surface area (Å²) in [6, 6.07) is 29.6. The monoisotopic (exact) mass is 495 g/mol. The van der Waals surface area contributed by atoms with Crippen LogP contribution in [0.25, 0.3) is 0 Å². The van der Waals surface area contributed by atoms with Crippen molar-refractivity contribution >= 4 is 23.2 Å². The number of para-hydroxylation sites is 1. The van der Waals surface area contributed by atoms with Crippen LogP contribution in [-0.4, -0.2) is 25.7 Å². The molecule has 3 aliphatic rings. The minimum Gasteiger partial charge on any atom is -0.490 e. The maximum absolute atomic E-state index is 14.8. The second-order valence-electron chi connectivity index (χ2n) is 9.20. The Morgan fingerprint density at radius 1 is 0.778 bits per heavy atom. The number of nitrogens with zero attached hydrogens (tertiary/aromatic N) is 1. The Morgan fingerprint density at radius 2 is 1.42 bits per heavy atom. The van der Waals surface area contributed by atoms with E-state index in [1.54, 1.807) is 6.07 Å². The molecule has 0 radical (unpaired) electrons. The van der Waals surface area contributed by atoms with E-state index in [2.05, 4.69) is 24.3 Å². The van der Waals surface area contributed by atoms with E-state index in [0.717, 1.165) is 22.4 Å². The number of rotatable bonds is 3. The molecule has 3 aliphatic heterocycles. The standard InChI is InChI=1S/C30H22ClNO4/c31-22-17-24-28(35-16-15-34-24)25-27(22)36-18-30(25)21-13-7-8-14-23(21)32(29(30)33)26(19-9-3-1-4-10-19)20-11-5-2-6-12-20/h1-14,17,26H,15-16,18H2. The van der Waals surface area contributed by atoms with Gasteiger partial charge in [-0.2, -0.15) is 0 Å². The van der Waals surface area contributed by atoms with Crippen molar-refractivity contribution in [3.63, 3.8) is 0 Å². The van der Waals surface area contributed by atoms with Gasteiger partial charge in [0.25, 0.3) is 0 Å². The molecule has 5 nitrogen and oxygen atoms in total. The van der Waals surface area contributed by atoms with E-state index in [1.165, 1.54) is 0 Å². The van der Waals surface area contributed by atoms with Gasteiger partial charge in [-0.1, -0.05) is 90.5 Å². The summed E-state index contributed by atoms with van der Waals surface area (Å²) in [4.78, 5) is 16.8. The van der Waals surface area contributed by atoms with Crippen LogP contribution in [0.3, 0.4) is 0 Å². The number of ether oxygens (including phenoxy) is 3. The first-order valence-electron chi connectivity index (χ1n) is 12.0. The van der Waals surface area contributed by atoms with Crippen LogP contribution in [0.5, 0.6) is 17.2 Å². The van der Waals surface area contributed by atoms with Crippen molar-refractivity contribution in [1.29, 1.82) is 0 Å². The predicted octanol–water partition coefficient (Wildman–Crippen LogP) is 5.93. The van der Waals surface area contributed by atoms with Crippen LogP contribution >= 0.6 is 11.6 Å². The summed E-state index contributed by atoms with van der Waals surface area (Å²) in [6.45, 7) is 0.967. The molecule has 7 rings (SSSR count). The van der Waals surface area contributed by atoms with Crippen LogP contribution in [0.4, 0.5) is 5.69 Å². The highest BCUT2D eigenvalue weighted by Crippen LogP contribution is 2.60. The molecule has 4 aromatic carbocycles. The lowest BCUT2D eigenvalue weighted by molar-refractivity contribution is -0.122. The lowest BCUT2D eigenvalue weighted by Crippen LogP contribution is -2.44. The first-order valence-corrected chi connectivity index (χ1v) is 12.4. The van der Waals surface area contributed by atoms with E-state index in [0.29, 0.717) is 41.0 Å². The Hall–Kier alpha value is -3.96. The third kappa shape index (κ3) is 2.86. The average Bonchev–Trinajstić information content (AvgIpc) is 3.45. The molecule has 0 aromatic heterocycles. The van der Waals surface area contributed by atoms with Gasteiger partial charge in [0, 0.05) is 11.8 Å². The Labute approximate surface area is 213 Å². The first kappa shape index (κ1) is 21.3. The molecule has 4 aromatic rings. The molecular weight excluding hydrogens is 474 g/mol. The lowest BCUT2D eigenvalue weighted by atomic mass is 9.76. The van der Waals surface area contributed by atoms with Crippen LogP contribution in [0.2, 0.25) is 5.02 Å². The SMILES string of the molecule is O=C1N(C(c2ccccc2)c2ccccc2)c2ccccc2C12COc1c(Cl)cc3c(c12)OCCO3. The summed E-state index contributed by atoms with van der Waals surface area (Å²) in [5.41, 5.74) is 3.34. The highest BCUT2D eigenvalue weighted by Gasteiger charge is 2.60. The van der Waals surface area contributed by atoms with Crippen molar-refractivity contribution in [3.8, 4) is 17.2 Å². The van der Waals surface area contributed by atoms with Crippen LogP contribution < -0.4 is 19.1 Å². The van der Waals surface area contributed by atoms with E-state index in [-0.39, 0.29) is 18.6 Å². The van der Waals surface area contributed by atoms with Gasteiger partial charge in [0.2, 0.25) is 5.91 Å². The van der Waals surface area contributed by atoms with Gasteiger partial charge in [-0.05, 0) is 22.8 Å². The van der Waals surface area contributed by atoms with E-state index >= 15 is 0 Å². The van der Waals surface area contributed by atoms with Crippen LogP contribution in [-0.2, 0) is 10.2 Å². The van der Waals surface area contributed by atoms with Gasteiger partial charge < -0.3 is 14.2 Å². The number of carbonyl (C=O) groups is 1. The molecule has 6 heteroatoms. The summed E-state index contributed by atoms with van der Waals surface area (Å²) >= 11 is 6.65. The number of halogens is 1. The number of carbonyl (C=O) groups excluding carboxylic acids is 1. The molecular formula is C30H22ClNO4. The smallest absolute Gasteiger partial charge is 0.246 e. The molecule has 0 bridgehead atoms. The summed E-state index contributed by atoms with van der Waals surface area (Å²) < 4.78 is 18.2. The fourth-order valence-electron chi connectivity index (χ4n) is 5.79. The fourth-order valence-corrected chi connectivity index (χ4v) is 6.04. The van der Waals surface area contributed by atoms with Crippen molar-refractivity contribution in [2.45, 2.75) is 11.5 Å². The van der Waals surface area contributed by atoms with Crippen molar-refractivity contribution in [1.82, 2.24) is 0 Å². The molecule has 1 spiro atoms. The number of amides is 1. The van der Waals surface area contributed by atoms with E-state index in [9.17, 15) is 4.79 Å². The Balaban J connectivity index is 1.49. The molecule has 0 fully saturated rings. The molecule has 0 N–H and O–H groups in total. The van der Waals surface area contributed by atoms with Crippen molar-refractivity contribution < 1.29 is 19.0 Å². The van der Waals surface area contributed by atoms with E-state index in [4.69, 9.17) is 25.8 Å². The van der Waals surface area contributed by atoms with Crippen molar-refractivity contribution in [2.24, 2.45) is 0 Å². The zero-order valence-electron chi connectivity index (χ0n) is 19.3. The molecule has 1 atom stereocenters. The number of hydrogen-bond acceptors (Lipinski definition) is 4. The Bertz CT molecular complexity index is 1450. The van der Waals surface area contributed by atoms with Gasteiger partial charge in [-0.25, -0.2) is 0 Å². The Morgan fingerprint density at radius 3 is 2.14 bits per heavy atom. The molecule has 0 saturated heterocycles. The molecule has 0 saturated carbocycles. The molecule has 36 heavy (non-hydrogen) atoms. The Kier molecular flexibility index (Phi) is 4.76. The van der Waals surface area contributed by atoms with E-state index < -0.39 is 5.41 Å². The summed E-state index contributed by atoms with van der Waals surface area (Å²) in [5.74, 6) is 1.50. The topological polar surface area (TPSA) is 48.0 Å². The minimum absolute atomic E-state index is 0.0706. The lowest BCUT2D eigenvalue weighted by Gasteiger charge is -2.32. The molecule has 3 heterocycles. The summed E-state index contributed by atoms with van der Waals surface area (Å²) in [7, 11) is 0. The average molecular weight is 496 g/mol. The normalized spacial score (nSPS) is 19.4. The highest BCUT2D eigenvalue weighted by atomic mass is 35.5. The fraction of sp³-hybridized carbons (Fsp3) is 0.167. The van der Waals surface area contributed by atoms with Crippen LogP contribution in [0.1, 0.15) is 28.3 Å². The van der Waals surface area contributed by atoms with Crippen molar-refractivity contribution in [3.05, 3.63) is 118 Å². The zero-order chi connectivity index (χ0) is 24.3. The van der Waals surface area contributed by atoms with Crippen LogP contribution in [0, 0.1) is 0 Å². The van der Waals surface area contributed by atoms with E-state index in [1.807, 2.05) is 65.6 Å². The second kappa shape index (κ2) is 8.04. The number of fused-ring (bicyclic) bond motifs is 6. The first-order chi connectivity index (χ1) is 17.7. The van der Waals surface area contributed by atoms with Gasteiger partial charge in [-0.15, -0.1) is 0 Å². The van der Waals surface area contributed by atoms with Gasteiger partial charge in [0.05, 0.1) is 16.6 Å². The predicted molar refractivity (Wildman–Crippen MR) is 137 cm³/mol. The van der Waals surface area contributed by atoms with Gasteiger partial charge in [-0.3, -0.25) is 9.69 Å². The largest absolute Gasteiger partial charge is 0.490 e. The second-order valence-corrected chi connectivity index (χ2v) is 9.60. The van der Waals surface area contributed by atoms with Gasteiger partial charge >= 0.3 is 0 Å². The van der Waals surface area contributed by atoms with Crippen molar-refractivity contribution in [2.75, 3.05) is 24.7 Å². The number of benzene rings is 4. The third-order valence-corrected chi connectivity index (χ3v) is 7.58. The summed E-state index contributed by atoms with van der Waals surface area (Å²) in [5, 5.41) is 0.414. The highest BCUT2D eigenvalue weighted by molar-refractivity contribution is 6.33. The number of hydrogen-bond donors (Lipinski definition) is 0. The molecule has 1 amide bonds. The quantitative estimate of drug-likeness (QED) is 0.353. The third-order valence-electron chi connectivity index (χ3n) is 7.30. The molecule has 1 unspecified atom stereocenters. The molecule has 178 valence electrons.